The van der Waals surface area contributed by atoms with Crippen molar-refractivity contribution in [3.63, 3.8) is 0 Å². The minimum absolute atomic E-state index is 0.0219. The monoisotopic (exact) mass is 590 g/mol. The van der Waals surface area contributed by atoms with E-state index in [9.17, 15) is 20.1 Å². The Kier molecular flexibility index (Phi) is 12.7. The Labute approximate surface area is 241 Å². The molecule has 0 bridgehead atoms. The van der Waals surface area contributed by atoms with Gasteiger partial charge in [-0.25, -0.2) is 0 Å². The zero-order valence-corrected chi connectivity index (χ0v) is 24.1. The van der Waals surface area contributed by atoms with Gasteiger partial charge < -0.3 is 72.5 Å². The van der Waals surface area contributed by atoms with Crippen LogP contribution in [0.1, 0.15) is 33.1 Å². The maximum absolute atomic E-state index is 12.9. The van der Waals surface area contributed by atoms with Crippen LogP contribution in [-0.2, 0) is 23.7 Å². The number of aliphatic hydroxyl groups excluding tert-OH is 3. The van der Waals surface area contributed by atoms with Crippen molar-refractivity contribution in [2.75, 3.05) is 39.9 Å². The third-order valence-corrected chi connectivity index (χ3v) is 7.94. The van der Waals surface area contributed by atoms with E-state index in [1.165, 1.54) is 6.92 Å². The summed E-state index contributed by atoms with van der Waals surface area (Å²) < 4.78 is 23.9. The van der Waals surface area contributed by atoms with Gasteiger partial charge in [0.1, 0.15) is 35.8 Å². The second-order valence-electron chi connectivity index (χ2n) is 11.4. The summed E-state index contributed by atoms with van der Waals surface area (Å²) in [5.74, 6) is -0.0851. The summed E-state index contributed by atoms with van der Waals surface area (Å²) in [6, 6.07) is -2.81. The normalized spacial score (nSPS) is 40.4. The molecule has 15 heteroatoms. The van der Waals surface area contributed by atoms with Crippen LogP contribution in [0, 0.1) is 5.92 Å². The zero-order chi connectivity index (χ0) is 30.3. The van der Waals surface area contributed by atoms with Gasteiger partial charge in [0.2, 0.25) is 12.2 Å². The highest BCUT2D eigenvalue weighted by molar-refractivity contribution is 5.78. The maximum Gasteiger partial charge on any atom is 0.223 e. The Bertz CT molecular complexity index is 867. The maximum atomic E-state index is 12.9. The molecular weight excluding hydrogens is 540 g/mol. The first-order chi connectivity index (χ1) is 19.4. The second kappa shape index (κ2) is 15.3. The predicted octanol–water partition coefficient (Wildman–Crippen LogP) is -4.09. The predicted molar refractivity (Wildman–Crippen MR) is 148 cm³/mol. The van der Waals surface area contributed by atoms with E-state index in [1.807, 2.05) is 6.08 Å². The average Bonchev–Trinajstić information content (AvgIpc) is 2.91. The lowest BCUT2D eigenvalue weighted by molar-refractivity contribution is -0.304. The van der Waals surface area contributed by atoms with Gasteiger partial charge in [0.25, 0.3) is 0 Å². The highest BCUT2D eigenvalue weighted by Crippen LogP contribution is 2.32. The largest absolute Gasteiger partial charge is 0.467 e. The van der Waals surface area contributed by atoms with Crippen LogP contribution in [0.2, 0.25) is 0 Å². The first-order valence-corrected chi connectivity index (χ1v) is 14.3. The highest BCUT2D eigenvalue weighted by Gasteiger charge is 2.51. The average molecular weight is 591 g/mol. The number of rotatable bonds is 13. The summed E-state index contributed by atoms with van der Waals surface area (Å²) in [5.41, 5.74) is 17.0. The number of hydrogen-bond donors (Lipinski definition) is 10. The molecule has 41 heavy (non-hydrogen) atoms. The van der Waals surface area contributed by atoms with E-state index in [2.05, 4.69) is 16.0 Å². The van der Waals surface area contributed by atoms with Crippen molar-refractivity contribution in [1.29, 1.82) is 0 Å². The van der Waals surface area contributed by atoms with Crippen LogP contribution >= 0.6 is 0 Å². The van der Waals surface area contributed by atoms with Gasteiger partial charge in [-0.2, -0.15) is 0 Å². The summed E-state index contributed by atoms with van der Waals surface area (Å²) in [5, 5.41) is 51.0. The summed E-state index contributed by atoms with van der Waals surface area (Å²) in [7, 11) is 1.60. The highest BCUT2D eigenvalue weighted by atomic mass is 16.7. The van der Waals surface area contributed by atoms with Crippen LogP contribution in [-0.4, -0.2) is 133 Å². The molecule has 0 radical (unpaired) electrons. The van der Waals surface area contributed by atoms with Gasteiger partial charge in [-0.1, -0.05) is 6.92 Å². The molecule has 2 heterocycles. The van der Waals surface area contributed by atoms with Crippen LogP contribution in [0.5, 0.6) is 0 Å². The van der Waals surface area contributed by atoms with Crippen molar-refractivity contribution in [3.8, 4) is 0 Å². The Morgan fingerprint density at radius 2 is 1.90 bits per heavy atom. The zero-order valence-electron chi connectivity index (χ0n) is 24.1. The number of carbonyl (C=O) groups excluding carboxylic acids is 1. The Morgan fingerprint density at radius 3 is 2.56 bits per heavy atom. The van der Waals surface area contributed by atoms with Gasteiger partial charge in [-0.3, -0.25) is 4.79 Å². The van der Waals surface area contributed by atoms with Crippen molar-refractivity contribution in [2.45, 2.75) is 99.9 Å². The number of amides is 1. The molecule has 0 spiro atoms. The molecule has 3 rings (SSSR count). The van der Waals surface area contributed by atoms with Crippen molar-refractivity contribution >= 4 is 5.91 Å². The Balaban J connectivity index is 1.79. The lowest BCUT2D eigenvalue weighted by atomic mass is 9.83. The minimum atomic E-state index is -1.38. The molecule has 12 atom stereocenters. The summed E-state index contributed by atoms with van der Waals surface area (Å²) >= 11 is 0. The van der Waals surface area contributed by atoms with Crippen LogP contribution < -0.4 is 33.2 Å². The van der Waals surface area contributed by atoms with E-state index in [0.717, 1.165) is 0 Å². The van der Waals surface area contributed by atoms with Crippen molar-refractivity contribution in [2.24, 2.45) is 23.1 Å². The van der Waals surface area contributed by atoms with Gasteiger partial charge in [0, 0.05) is 18.5 Å². The van der Waals surface area contributed by atoms with E-state index in [4.69, 9.17) is 41.3 Å². The van der Waals surface area contributed by atoms with Gasteiger partial charge in [0.05, 0.1) is 37.9 Å². The first kappa shape index (κ1) is 34.0. The molecular formula is C26H50N6O9. The number of nitrogens with two attached hydrogens (primary N) is 3. The van der Waals surface area contributed by atoms with Gasteiger partial charge in [-0.15, -0.1) is 0 Å². The van der Waals surface area contributed by atoms with E-state index in [-0.39, 0.29) is 31.5 Å². The molecule has 238 valence electrons. The third kappa shape index (κ3) is 8.55. The smallest absolute Gasteiger partial charge is 0.223 e. The number of likely N-dealkylation sites (N-methyl/N-ethyl adjacent to an activating group) is 1. The lowest BCUT2D eigenvalue weighted by Gasteiger charge is -2.49. The first-order valence-electron chi connectivity index (χ1n) is 14.3. The summed E-state index contributed by atoms with van der Waals surface area (Å²) in [6.07, 6.45) is -4.00. The van der Waals surface area contributed by atoms with E-state index in [1.54, 1.807) is 14.0 Å². The molecule has 0 aromatic rings. The molecule has 0 unspecified atom stereocenters. The number of aliphatic hydroxyl groups is 4. The summed E-state index contributed by atoms with van der Waals surface area (Å²) in [4.78, 5) is 12.9. The third-order valence-electron chi connectivity index (χ3n) is 7.94. The molecule has 0 aromatic carbocycles. The minimum Gasteiger partial charge on any atom is -0.467 e. The molecule has 0 aromatic heterocycles. The molecule has 1 saturated heterocycles. The molecule has 1 amide bonds. The molecule has 13 N–H and O–H groups in total. The van der Waals surface area contributed by atoms with E-state index < -0.39 is 66.8 Å². The van der Waals surface area contributed by atoms with Crippen LogP contribution in [0.25, 0.3) is 0 Å². The van der Waals surface area contributed by atoms with Crippen molar-refractivity contribution in [1.82, 2.24) is 16.0 Å². The van der Waals surface area contributed by atoms with Crippen LogP contribution in [0.15, 0.2) is 11.8 Å². The lowest BCUT2D eigenvalue weighted by Crippen LogP contribution is -2.69. The molecule has 1 saturated carbocycles. The topological polar surface area (TPSA) is 249 Å². The molecule has 1 aliphatic carbocycles. The standard InChI is InChI=1S/C26H50N6O9/c1-13(6-7-27)23(36)32-17-10-16(29)20(40-24-15(28)5-4-14(39-24)11-31-8-9-33)18(34)21(17)41-25-19(35)22(30-3)26(2,37)12-38-25/h4,13,15-22,24-25,30-31,33-35,37H,5-12,27-29H2,1-3H3,(H,32,36)/t13-,15+,16-,17+,18-,19+,20+,21-,22+,24+,25+,26-/m0/s1. The fraction of sp³-hybridized carbons (Fsp3) is 0.885. The Hall–Kier alpha value is -1.47. The van der Waals surface area contributed by atoms with Crippen LogP contribution in [0.3, 0.4) is 0 Å². The number of carbonyl (C=O) groups is 1. The number of hydrogen-bond acceptors (Lipinski definition) is 14. The van der Waals surface area contributed by atoms with Crippen molar-refractivity contribution < 1.29 is 44.2 Å². The molecule has 3 aliphatic rings. The van der Waals surface area contributed by atoms with E-state index >= 15 is 0 Å². The molecule has 2 aliphatic heterocycles. The molecule has 15 nitrogen and oxygen atoms in total. The Morgan fingerprint density at radius 1 is 1.20 bits per heavy atom. The van der Waals surface area contributed by atoms with Gasteiger partial charge >= 0.3 is 0 Å². The number of ether oxygens (including phenoxy) is 4. The quantitative estimate of drug-likeness (QED) is 0.0916. The van der Waals surface area contributed by atoms with Gasteiger partial charge in [0.15, 0.2) is 6.29 Å². The van der Waals surface area contributed by atoms with Crippen molar-refractivity contribution in [3.05, 3.63) is 11.8 Å². The second-order valence-corrected chi connectivity index (χ2v) is 11.4. The van der Waals surface area contributed by atoms with Gasteiger partial charge in [-0.05, 0) is 45.9 Å². The fourth-order valence-electron chi connectivity index (χ4n) is 5.52. The SMILES string of the molecule is CN[C@@H]1[C@@H](O)[C@@H](O[C@@H]2[C@@H](O)[C@H](O[C@H]3OC(CNCCO)=CC[C@H]3N)[C@@H](N)C[C@H]2NC(=O)[C@@H](C)CCN)OC[C@]1(C)O. The summed E-state index contributed by atoms with van der Waals surface area (Å²) in [6.45, 7) is 4.20. The van der Waals surface area contributed by atoms with Crippen LogP contribution in [0.4, 0.5) is 0 Å². The molecule has 2 fully saturated rings. The van der Waals surface area contributed by atoms with E-state index in [0.29, 0.717) is 38.2 Å². The fourth-order valence-corrected chi connectivity index (χ4v) is 5.52. The number of nitrogens with one attached hydrogen (secondary N) is 3.